The number of hydrogen-bond acceptors (Lipinski definition) is 2. The molecular weight excluding hydrogens is 571 g/mol. The Morgan fingerprint density at radius 3 is 1.98 bits per heavy atom. The van der Waals surface area contributed by atoms with Gasteiger partial charge in [-0.05, 0) is 169 Å². The van der Waals surface area contributed by atoms with Crippen LogP contribution >= 0.6 is 0 Å². The maximum atomic E-state index is 5.55. The Balaban J connectivity index is 1.17. The molecule has 0 N–H and O–H groups in total. The lowest BCUT2D eigenvalue weighted by Crippen LogP contribution is -2.59. The van der Waals surface area contributed by atoms with Crippen molar-refractivity contribution in [2.45, 2.75) is 107 Å². The number of fused-ring (bicyclic) bond motifs is 13. The van der Waals surface area contributed by atoms with Crippen molar-refractivity contribution in [1.82, 2.24) is 14.4 Å². The fourth-order valence-electron chi connectivity index (χ4n) is 15.8. The van der Waals surface area contributed by atoms with E-state index in [4.69, 9.17) is 9.97 Å². The third-order valence-electron chi connectivity index (χ3n) is 17.0. The monoisotopic (exact) mass is 609 g/mol. The fraction of sp³-hybridized carbons (Fsp3) is 0.500. The summed E-state index contributed by atoms with van der Waals surface area (Å²) in [5.41, 5.74) is 21.3. The molecule has 5 saturated carbocycles. The van der Waals surface area contributed by atoms with Crippen LogP contribution in [0.5, 0.6) is 0 Å². The van der Waals surface area contributed by atoms with Crippen molar-refractivity contribution in [2.24, 2.45) is 29.1 Å². The molecule has 5 fully saturated rings. The normalized spacial score (nSPS) is 37.2. The lowest BCUT2D eigenvalue weighted by Gasteiger charge is -2.67. The van der Waals surface area contributed by atoms with Crippen LogP contribution in [0.1, 0.15) is 126 Å². The molecule has 7 unspecified atom stereocenters. The predicted octanol–water partition coefficient (Wildman–Crippen LogP) is 9.88. The molecule has 0 aliphatic heterocycles. The van der Waals surface area contributed by atoms with Gasteiger partial charge in [-0.1, -0.05) is 18.2 Å². The summed E-state index contributed by atoms with van der Waals surface area (Å²) >= 11 is 0. The first-order chi connectivity index (χ1) is 23.2. The number of benzene rings is 2. The molecule has 16 rings (SSSR count). The average Bonchev–Trinajstić information content (AvgIpc) is 3.70. The van der Waals surface area contributed by atoms with Crippen LogP contribution in [-0.2, 0) is 25.7 Å². The van der Waals surface area contributed by atoms with E-state index >= 15 is 0 Å². The third-order valence-corrected chi connectivity index (χ3v) is 17.0. The van der Waals surface area contributed by atoms with Crippen LogP contribution in [0.4, 0.5) is 0 Å². The second-order valence-corrected chi connectivity index (χ2v) is 18.3. The van der Waals surface area contributed by atoms with Gasteiger partial charge < -0.3 is 4.40 Å². The highest BCUT2D eigenvalue weighted by molar-refractivity contribution is 6.28. The van der Waals surface area contributed by atoms with Crippen LogP contribution in [0.25, 0.3) is 49.2 Å². The largest absolute Gasteiger partial charge is 0.305 e. The minimum Gasteiger partial charge on any atom is -0.305 e. The molecule has 6 bridgehead atoms. The molecule has 7 atom stereocenters. The van der Waals surface area contributed by atoms with E-state index in [1.165, 1.54) is 106 Å². The summed E-state index contributed by atoms with van der Waals surface area (Å²) in [4.78, 5) is 11.1. The summed E-state index contributed by atoms with van der Waals surface area (Å²) in [7, 11) is 0. The summed E-state index contributed by atoms with van der Waals surface area (Å²) in [6.07, 6.45) is 22.2. The second kappa shape index (κ2) is 7.26. The fourth-order valence-corrected chi connectivity index (χ4v) is 15.8. The first kappa shape index (κ1) is 23.8. The van der Waals surface area contributed by atoms with Gasteiger partial charge in [-0.3, -0.25) is 9.97 Å². The van der Waals surface area contributed by atoms with Gasteiger partial charge in [-0.15, -0.1) is 0 Å². The molecule has 230 valence electrons. The Kier molecular flexibility index (Phi) is 3.68. The van der Waals surface area contributed by atoms with E-state index in [2.05, 4.69) is 35.0 Å². The molecular formula is C44H39N3. The standard InChI is InChI=1S/C44H39N3/c1-2-21-4-6-28-36-29(7-5-22(3-1)33(21)36)38-40-32(18-46-42-30-15-27-14-26-13-25(35(40)42)16-44(26,27)30)47-31-17-45-41-24-11-19-8-20(12-24)10-23(9-19)34(41)39(31)37(28)43(38)47/h1-3,17-20,23-27,30H,4-16H2. The van der Waals surface area contributed by atoms with Crippen LogP contribution < -0.4 is 0 Å². The number of aromatic nitrogens is 3. The lowest BCUT2D eigenvalue weighted by atomic mass is 9.37. The van der Waals surface area contributed by atoms with Crippen LogP contribution in [0.2, 0.25) is 0 Å². The molecule has 10 aliphatic rings. The van der Waals surface area contributed by atoms with Gasteiger partial charge in [-0.2, -0.15) is 0 Å². The van der Waals surface area contributed by atoms with Crippen molar-refractivity contribution in [2.75, 3.05) is 0 Å². The maximum Gasteiger partial charge on any atom is 0.0728 e. The van der Waals surface area contributed by atoms with Gasteiger partial charge in [0.05, 0.1) is 28.9 Å². The molecule has 0 amide bonds. The van der Waals surface area contributed by atoms with Gasteiger partial charge >= 0.3 is 0 Å². The van der Waals surface area contributed by atoms with Crippen molar-refractivity contribution < 1.29 is 0 Å². The Labute approximate surface area is 274 Å². The number of nitrogens with zero attached hydrogens (tertiary/aromatic N) is 3. The summed E-state index contributed by atoms with van der Waals surface area (Å²) in [5.74, 6) is 6.57. The van der Waals surface area contributed by atoms with Gasteiger partial charge in [0.1, 0.15) is 0 Å². The molecule has 2 aromatic carbocycles. The Hall–Kier alpha value is -3.46. The van der Waals surface area contributed by atoms with E-state index in [0.29, 0.717) is 23.2 Å². The molecule has 3 heteroatoms. The quantitative estimate of drug-likeness (QED) is 0.172. The first-order valence-electron chi connectivity index (χ1n) is 19.4. The van der Waals surface area contributed by atoms with E-state index < -0.39 is 0 Å². The molecule has 1 spiro atoms. The summed E-state index contributed by atoms with van der Waals surface area (Å²) in [6.45, 7) is 0. The van der Waals surface area contributed by atoms with Gasteiger partial charge in [0.25, 0.3) is 0 Å². The number of pyridine rings is 2. The summed E-state index contributed by atoms with van der Waals surface area (Å²) in [6, 6.07) is 7.25. The minimum absolute atomic E-state index is 0.632. The molecule has 47 heavy (non-hydrogen) atoms. The van der Waals surface area contributed by atoms with Crippen molar-refractivity contribution in [3.63, 3.8) is 0 Å². The molecule has 4 heterocycles. The SMILES string of the molecule is c1cc2c3c(c1)CCc1c-3c(c3c4c5c(ncc4n4c6cnc7c(c6c1c34)C1CC3CC4CC7C34C1)C1CC3CC(C1)CC5C3)CC2. The van der Waals surface area contributed by atoms with Crippen LogP contribution in [0.3, 0.4) is 0 Å². The van der Waals surface area contributed by atoms with Gasteiger partial charge in [0.15, 0.2) is 0 Å². The average molecular weight is 610 g/mol. The van der Waals surface area contributed by atoms with Gasteiger partial charge in [0, 0.05) is 44.8 Å². The topological polar surface area (TPSA) is 30.2 Å². The van der Waals surface area contributed by atoms with Crippen LogP contribution in [-0.4, -0.2) is 14.4 Å². The second-order valence-electron chi connectivity index (χ2n) is 18.3. The third kappa shape index (κ3) is 2.32. The van der Waals surface area contributed by atoms with Gasteiger partial charge in [-0.25, -0.2) is 0 Å². The molecule has 4 aromatic heterocycles. The lowest BCUT2D eigenvalue weighted by molar-refractivity contribution is -0.147. The Morgan fingerprint density at radius 2 is 1.26 bits per heavy atom. The molecule has 0 saturated heterocycles. The predicted molar refractivity (Wildman–Crippen MR) is 186 cm³/mol. The van der Waals surface area contributed by atoms with E-state index in [1.54, 1.807) is 71.6 Å². The summed E-state index contributed by atoms with van der Waals surface area (Å²) < 4.78 is 2.75. The number of rotatable bonds is 0. The first-order valence-corrected chi connectivity index (χ1v) is 19.4. The highest BCUT2D eigenvalue weighted by Crippen LogP contribution is 2.82. The Bertz CT molecular complexity index is 2510. The van der Waals surface area contributed by atoms with Crippen LogP contribution in [0.15, 0.2) is 30.6 Å². The minimum atomic E-state index is 0.632. The van der Waals surface area contributed by atoms with Crippen molar-refractivity contribution in [3.8, 4) is 11.1 Å². The highest BCUT2D eigenvalue weighted by atomic mass is 15.0. The highest BCUT2D eigenvalue weighted by Gasteiger charge is 2.72. The van der Waals surface area contributed by atoms with E-state index in [-0.39, 0.29) is 0 Å². The summed E-state index contributed by atoms with van der Waals surface area (Å²) in [5, 5.41) is 6.53. The van der Waals surface area contributed by atoms with Crippen molar-refractivity contribution in [3.05, 3.63) is 75.4 Å². The van der Waals surface area contributed by atoms with E-state index in [9.17, 15) is 0 Å². The van der Waals surface area contributed by atoms with Crippen LogP contribution in [0, 0.1) is 29.1 Å². The molecule has 3 nitrogen and oxygen atoms in total. The molecule has 6 aromatic rings. The van der Waals surface area contributed by atoms with Crippen molar-refractivity contribution in [1.29, 1.82) is 0 Å². The number of aryl methyl sites for hydroxylation is 4. The maximum absolute atomic E-state index is 5.55. The zero-order chi connectivity index (χ0) is 29.7. The zero-order valence-corrected chi connectivity index (χ0v) is 27.0. The van der Waals surface area contributed by atoms with E-state index in [0.717, 1.165) is 29.6 Å². The molecule has 0 radical (unpaired) electrons. The smallest absolute Gasteiger partial charge is 0.0728 e. The Morgan fingerprint density at radius 1 is 0.596 bits per heavy atom. The van der Waals surface area contributed by atoms with Crippen molar-refractivity contribution >= 4 is 38.1 Å². The zero-order valence-electron chi connectivity index (χ0n) is 27.0. The van der Waals surface area contributed by atoms with E-state index in [1.807, 2.05) is 0 Å². The number of hydrogen-bond donors (Lipinski definition) is 0. The molecule has 10 aliphatic carbocycles. The van der Waals surface area contributed by atoms with Gasteiger partial charge in [0.2, 0.25) is 0 Å².